The van der Waals surface area contributed by atoms with Crippen molar-refractivity contribution in [3.8, 4) is 5.75 Å². The molecule has 11 nitrogen and oxygen atoms in total. The fourth-order valence-electron chi connectivity index (χ4n) is 2.93. The van der Waals surface area contributed by atoms with Crippen LogP contribution in [0.5, 0.6) is 5.75 Å². The van der Waals surface area contributed by atoms with E-state index in [1.54, 1.807) is 20.8 Å². The Labute approximate surface area is 190 Å². The maximum absolute atomic E-state index is 12.6. The number of ether oxygens (including phenoxy) is 1. The third-order valence-corrected chi connectivity index (χ3v) is 5.75. The van der Waals surface area contributed by atoms with Crippen molar-refractivity contribution >= 4 is 33.1 Å². The van der Waals surface area contributed by atoms with Crippen LogP contribution in [0.1, 0.15) is 17.1 Å². The van der Waals surface area contributed by atoms with Crippen molar-refractivity contribution in [3.05, 3.63) is 75.7 Å². The molecule has 1 aromatic heterocycles. The van der Waals surface area contributed by atoms with Crippen molar-refractivity contribution in [2.45, 2.75) is 25.7 Å². The van der Waals surface area contributed by atoms with Gasteiger partial charge in [-0.15, -0.1) is 0 Å². The predicted octanol–water partition coefficient (Wildman–Crippen LogP) is 3.13. The molecule has 3 aromatic rings. The number of nitro benzene ring substituents is 1. The molecule has 0 saturated carbocycles. The molecule has 1 heterocycles. The van der Waals surface area contributed by atoms with Crippen LogP contribution in [-0.2, 0) is 14.8 Å². The number of benzene rings is 2. The average Bonchev–Trinajstić information content (AvgIpc) is 2.72. The van der Waals surface area contributed by atoms with E-state index in [1.165, 1.54) is 48.5 Å². The van der Waals surface area contributed by atoms with Crippen LogP contribution >= 0.6 is 0 Å². The van der Waals surface area contributed by atoms with Gasteiger partial charge in [0.25, 0.3) is 21.6 Å². The van der Waals surface area contributed by atoms with Crippen molar-refractivity contribution in [3.63, 3.8) is 0 Å². The summed E-state index contributed by atoms with van der Waals surface area (Å²) in [6.07, 6.45) is 0. The minimum atomic E-state index is -3.88. The Kier molecular flexibility index (Phi) is 6.87. The number of non-ortho nitro benzene ring substituents is 1. The SMILES string of the molecule is Cc1cc(NS(=O)(=O)c2ccc(NC(=O)COc3ccc([N+](=O)[O-])cc3C)cc2)nc(C)n1. The summed E-state index contributed by atoms with van der Waals surface area (Å²) in [7, 11) is -3.88. The number of rotatable bonds is 8. The van der Waals surface area contributed by atoms with Gasteiger partial charge in [-0.2, -0.15) is 0 Å². The Morgan fingerprint density at radius 2 is 1.76 bits per heavy atom. The van der Waals surface area contributed by atoms with E-state index in [0.29, 0.717) is 28.5 Å². The summed E-state index contributed by atoms with van der Waals surface area (Å²) in [4.78, 5) is 30.6. The van der Waals surface area contributed by atoms with E-state index in [9.17, 15) is 23.3 Å². The highest BCUT2D eigenvalue weighted by Crippen LogP contribution is 2.23. The number of nitrogens with zero attached hydrogens (tertiary/aromatic N) is 3. The molecule has 0 atom stereocenters. The normalized spacial score (nSPS) is 11.0. The van der Waals surface area contributed by atoms with Crippen LogP contribution in [0.15, 0.2) is 53.4 Å². The Bertz CT molecular complexity index is 1290. The number of sulfonamides is 1. The molecule has 0 fully saturated rings. The molecule has 0 unspecified atom stereocenters. The molecule has 172 valence electrons. The zero-order chi connectivity index (χ0) is 24.2. The van der Waals surface area contributed by atoms with Gasteiger partial charge in [0, 0.05) is 29.6 Å². The summed E-state index contributed by atoms with van der Waals surface area (Å²) in [5.74, 6) is 0.472. The van der Waals surface area contributed by atoms with Gasteiger partial charge in [-0.1, -0.05) is 0 Å². The number of hydrogen-bond donors (Lipinski definition) is 2. The van der Waals surface area contributed by atoms with Gasteiger partial charge < -0.3 is 10.1 Å². The van der Waals surface area contributed by atoms with Crippen molar-refractivity contribution in [1.29, 1.82) is 0 Å². The summed E-state index contributed by atoms with van der Waals surface area (Å²) in [6, 6.07) is 11.2. The lowest BCUT2D eigenvalue weighted by Crippen LogP contribution is -2.20. The first-order valence-corrected chi connectivity index (χ1v) is 11.1. The molecule has 2 N–H and O–H groups in total. The van der Waals surface area contributed by atoms with Crippen LogP contribution in [0.25, 0.3) is 0 Å². The fraction of sp³-hybridized carbons (Fsp3) is 0.190. The second-order valence-corrected chi connectivity index (χ2v) is 8.80. The number of aromatic nitrogens is 2. The largest absolute Gasteiger partial charge is 0.483 e. The Morgan fingerprint density at radius 1 is 1.06 bits per heavy atom. The number of nitrogens with one attached hydrogen (secondary N) is 2. The van der Waals surface area contributed by atoms with E-state index >= 15 is 0 Å². The lowest BCUT2D eigenvalue weighted by Gasteiger charge is -2.11. The van der Waals surface area contributed by atoms with Gasteiger partial charge >= 0.3 is 0 Å². The lowest BCUT2D eigenvalue weighted by atomic mass is 10.2. The zero-order valence-corrected chi connectivity index (χ0v) is 18.8. The molecule has 0 spiro atoms. The van der Waals surface area contributed by atoms with Gasteiger partial charge in [0.05, 0.1) is 9.82 Å². The van der Waals surface area contributed by atoms with Crippen molar-refractivity contribution in [2.24, 2.45) is 0 Å². The summed E-state index contributed by atoms with van der Waals surface area (Å²) >= 11 is 0. The Hall–Kier alpha value is -4.06. The van der Waals surface area contributed by atoms with Crippen LogP contribution in [0.4, 0.5) is 17.2 Å². The number of amides is 1. The first-order valence-electron chi connectivity index (χ1n) is 9.66. The van der Waals surface area contributed by atoms with Crippen LogP contribution in [0.2, 0.25) is 0 Å². The smallest absolute Gasteiger partial charge is 0.269 e. The van der Waals surface area contributed by atoms with E-state index < -0.39 is 20.9 Å². The Morgan fingerprint density at radius 3 is 2.36 bits per heavy atom. The van der Waals surface area contributed by atoms with Gasteiger partial charge in [0.2, 0.25) is 0 Å². The van der Waals surface area contributed by atoms with Gasteiger partial charge in [0.15, 0.2) is 6.61 Å². The Balaban J connectivity index is 1.60. The molecule has 12 heteroatoms. The highest BCUT2D eigenvalue weighted by molar-refractivity contribution is 7.92. The molecule has 0 aliphatic rings. The van der Waals surface area contributed by atoms with Crippen molar-refractivity contribution in [1.82, 2.24) is 9.97 Å². The molecule has 0 bridgehead atoms. The quantitative estimate of drug-likeness (QED) is 0.375. The van der Waals surface area contributed by atoms with E-state index in [1.807, 2.05) is 0 Å². The predicted molar refractivity (Wildman–Crippen MR) is 121 cm³/mol. The highest BCUT2D eigenvalue weighted by atomic mass is 32.2. The third-order valence-electron chi connectivity index (χ3n) is 4.38. The molecule has 0 radical (unpaired) electrons. The number of aryl methyl sites for hydroxylation is 3. The van der Waals surface area contributed by atoms with Crippen molar-refractivity contribution in [2.75, 3.05) is 16.6 Å². The summed E-state index contributed by atoms with van der Waals surface area (Å²) in [5, 5.41) is 13.4. The number of hydrogen-bond acceptors (Lipinski definition) is 8. The summed E-state index contributed by atoms with van der Waals surface area (Å²) in [5.41, 5.74) is 1.45. The molecule has 0 saturated heterocycles. The van der Waals surface area contributed by atoms with Crippen LogP contribution in [-0.4, -0.2) is 35.8 Å². The number of nitro groups is 1. The van der Waals surface area contributed by atoms with E-state index in [4.69, 9.17) is 4.74 Å². The molecular weight excluding hydrogens is 450 g/mol. The molecule has 0 aliphatic carbocycles. The minimum absolute atomic E-state index is 0.00725. The lowest BCUT2D eigenvalue weighted by molar-refractivity contribution is -0.384. The molecule has 0 aliphatic heterocycles. The minimum Gasteiger partial charge on any atom is -0.483 e. The first-order chi connectivity index (χ1) is 15.5. The van der Waals surface area contributed by atoms with Crippen LogP contribution < -0.4 is 14.8 Å². The first kappa shape index (κ1) is 23.6. The molecule has 2 aromatic carbocycles. The summed E-state index contributed by atoms with van der Waals surface area (Å²) in [6.45, 7) is 4.70. The van der Waals surface area contributed by atoms with Gasteiger partial charge in [0.1, 0.15) is 17.4 Å². The second-order valence-electron chi connectivity index (χ2n) is 7.12. The molecule has 1 amide bonds. The highest BCUT2D eigenvalue weighted by Gasteiger charge is 2.16. The third kappa shape index (κ3) is 6.23. The van der Waals surface area contributed by atoms with E-state index in [-0.39, 0.29) is 23.0 Å². The van der Waals surface area contributed by atoms with Gasteiger partial charge in [-0.3, -0.25) is 19.6 Å². The maximum Gasteiger partial charge on any atom is 0.269 e. The maximum atomic E-state index is 12.6. The van der Waals surface area contributed by atoms with E-state index in [2.05, 4.69) is 20.0 Å². The van der Waals surface area contributed by atoms with Crippen LogP contribution in [0, 0.1) is 30.9 Å². The van der Waals surface area contributed by atoms with Gasteiger partial charge in [-0.25, -0.2) is 18.4 Å². The number of anilines is 2. The summed E-state index contributed by atoms with van der Waals surface area (Å²) < 4.78 is 33.0. The van der Waals surface area contributed by atoms with Gasteiger partial charge in [-0.05, 0) is 56.7 Å². The molecular formula is C21H21N5O6S. The number of carbonyl (C=O) groups is 1. The van der Waals surface area contributed by atoms with E-state index in [0.717, 1.165) is 0 Å². The fourth-order valence-corrected chi connectivity index (χ4v) is 3.92. The molecule has 33 heavy (non-hydrogen) atoms. The second kappa shape index (κ2) is 9.61. The molecule has 3 rings (SSSR count). The van der Waals surface area contributed by atoms with Crippen LogP contribution in [0.3, 0.4) is 0 Å². The monoisotopic (exact) mass is 471 g/mol. The average molecular weight is 471 g/mol. The standard InChI is InChI=1S/C21H21N5O6S/c1-13-10-17(26(28)29)6-9-19(13)32-12-21(27)24-16-4-7-18(8-5-16)33(30,31)25-20-11-14(2)22-15(3)23-20/h4-11H,12H2,1-3H3,(H,24,27)(H,22,23,25). The number of carbonyl (C=O) groups excluding carboxylic acids is 1. The zero-order valence-electron chi connectivity index (χ0n) is 18.0. The topological polar surface area (TPSA) is 153 Å². The van der Waals surface area contributed by atoms with Crippen molar-refractivity contribution < 1.29 is 22.9 Å².